The average molecular weight is 305 g/mol. The highest BCUT2D eigenvalue weighted by atomic mass is 35.5. The predicted octanol–water partition coefficient (Wildman–Crippen LogP) is 3.02. The van der Waals surface area contributed by atoms with E-state index in [1.807, 2.05) is 35.1 Å². The first-order valence-corrected chi connectivity index (χ1v) is 7.90. The summed E-state index contributed by atoms with van der Waals surface area (Å²) in [4.78, 5) is 2.39. The molecule has 1 aliphatic rings. The SMILES string of the molecule is CCc1c(N2CCC(N)CC2)cnn1-c1ccccc1Cl. The lowest BCUT2D eigenvalue weighted by molar-refractivity contribution is 0.500. The van der Waals surface area contributed by atoms with E-state index in [1.54, 1.807) is 0 Å². The topological polar surface area (TPSA) is 47.1 Å². The van der Waals surface area contributed by atoms with Crippen molar-refractivity contribution in [3.05, 3.63) is 41.2 Å². The zero-order valence-electron chi connectivity index (χ0n) is 12.3. The third kappa shape index (κ3) is 2.78. The molecule has 1 aromatic carbocycles. The second-order valence-electron chi connectivity index (χ2n) is 5.52. The van der Waals surface area contributed by atoms with Crippen molar-refractivity contribution in [3.63, 3.8) is 0 Å². The van der Waals surface area contributed by atoms with Crippen LogP contribution in [0.2, 0.25) is 5.02 Å². The molecular weight excluding hydrogens is 284 g/mol. The van der Waals surface area contributed by atoms with Crippen LogP contribution >= 0.6 is 11.6 Å². The second-order valence-corrected chi connectivity index (χ2v) is 5.92. The molecule has 1 aromatic heterocycles. The third-order valence-corrected chi connectivity index (χ3v) is 4.46. The first-order chi connectivity index (χ1) is 10.2. The van der Waals surface area contributed by atoms with E-state index < -0.39 is 0 Å². The molecule has 2 N–H and O–H groups in total. The summed E-state index contributed by atoms with van der Waals surface area (Å²) in [6.07, 6.45) is 4.96. The molecule has 0 saturated carbocycles. The summed E-state index contributed by atoms with van der Waals surface area (Å²) in [5.74, 6) is 0. The third-order valence-electron chi connectivity index (χ3n) is 4.14. The molecule has 0 bridgehead atoms. The number of aromatic nitrogens is 2. The molecule has 0 radical (unpaired) electrons. The van der Waals surface area contributed by atoms with E-state index >= 15 is 0 Å². The van der Waals surface area contributed by atoms with Crippen LogP contribution in [0.3, 0.4) is 0 Å². The molecule has 21 heavy (non-hydrogen) atoms. The molecular formula is C16H21ClN4. The van der Waals surface area contributed by atoms with Crippen molar-refractivity contribution >= 4 is 17.3 Å². The van der Waals surface area contributed by atoms with Gasteiger partial charge in [0.1, 0.15) is 0 Å². The summed E-state index contributed by atoms with van der Waals surface area (Å²) < 4.78 is 1.96. The van der Waals surface area contributed by atoms with Gasteiger partial charge in [-0.25, -0.2) is 4.68 Å². The molecule has 1 aliphatic heterocycles. The van der Waals surface area contributed by atoms with Gasteiger partial charge in [0.15, 0.2) is 0 Å². The minimum atomic E-state index is 0.338. The van der Waals surface area contributed by atoms with Crippen LogP contribution in [0.5, 0.6) is 0 Å². The van der Waals surface area contributed by atoms with Gasteiger partial charge in [0, 0.05) is 19.1 Å². The first-order valence-electron chi connectivity index (χ1n) is 7.53. The molecule has 0 aliphatic carbocycles. The first kappa shape index (κ1) is 14.4. The van der Waals surface area contributed by atoms with Gasteiger partial charge in [0.2, 0.25) is 0 Å². The smallest absolute Gasteiger partial charge is 0.0835 e. The van der Waals surface area contributed by atoms with Crippen molar-refractivity contribution in [1.82, 2.24) is 9.78 Å². The number of benzene rings is 1. The molecule has 3 rings (SSSR count). The van der Waals surface area contributed by atoms with Crippen LogP contribution in [0.25, 0.3) is 5.69 Å². The predicted molar refractivity (Wildman–Crippen MR) is 87.4 cm³/mol. The summed E-state index contributed by atoms with van der Waals surface area (Å²) in [7, 11) is 0. The van der Waals surface area contributed by atoms with Gasteiger partial charge in [-0.2, -0.15) is 5.10 Å². The summed E-state index contributed by atoms with van der Waals surface area (Å²) in [6.45, 7) is 4.16. The van der Waals surface area contributed by atoms with Crippen molar-refractivity contribution in [2.24, 2.45) is 5.73 Å². The van der Waals surface area contributed by atoms with E-state index in [9.17, 15) is 0 Å². The van der Waals surface area contributed by atoms with Gasteiger partial charge in [-0.05, 0) is 31.4 Å². The van der Waals surface area contributed by atoms with Crippen molar-refractivity contribution < 1.29 is 0 Å². The number of hydrogen-bond donors (Lipinski definition) is 1. The number of nitrogens with two attached hydrogens (primary N) is 1. The van der Waals surface area contributed by atoms with Crippen molar-refractivity contribution in [1.29, 1.82) is 0 Å². The summed E-state index contributed by atoms with van der Waals surface area (Å²) in [5.41, 5.74) is 9.36. The van der Waals surface area contributed by atoms with Crippen LogP contribution in [0, 0.1) is 0 Å². The highest BCUT2D eigenvalue weighted by molar-refractivity contribution is 6.32. The van der Waals surface area contributed by atoms with Crippen LogP contribution < -0.4 is 10.6 Å². The van der Waals surface area contributed by atoms with E-state index in [4.69, 9.17) is 17.3 Å². The maximum atomic E-state index is 6.31. The molecule has 1 fully saturated rings. The van der Waals surface area contributed by atoms with Gasteiger partial charge in [-0.3, -0.25) is 0 Å². The highest BCUT2D eigenvalue weighted by Gasteiger charge is 2.21. The normalized spacial score (nSPS) is 16.4. The minimum Gasteiger partial charge on any atom is -0.369 e. The van der Waals surface area contributed by atoms with Crippen LogP contribution in [0.1, 0.15) is 25.5 Å². The Hall–Kier alpha value is -1.52. The molecule has 112 valence electrons. The van der Waals surface area contributed by atoms with Crippen LogP contribution in [0.4, 0.5) is 5.69 Å². The molecule has 0 unspecified atom stereocenters. The molecule has 0 spiro atoms. The standard InChI is InChI=1S/C16H21ClN4/c1-2-14-16(20-9-7-12(18)8-10-20)11-19-21(14)15-6-4-3-5-13(15)17/h3-6,11-12H,2,7-10,18H2,1H3. The molecule has 4 nitrogen and oxygen atoms in total. The Labute approximate surface area is 130 Å². The fraction of sp³-hybridized carbons (Fsp3) is 0.438. The van der Waals surface area contributed by atoms with Gasteiger partial charge in [-0.15, -0.1) is 0 Å². The van der Waals surface area contributed by atoms with E-state index in [0.29, 0.717) is 6.04 Å². The number of hydrogen-bond acceptors (Lipinski definition) is 3. The van der Waals surface area contributed by atoms with Gasteiger partial charge < -0.3 is 10.6 Å². The molecule has 1 saturated heterocycles. The molecule has 0 atom stereocenters. The largest absolute Gasteiger partial charge is 0.369 e. The molecule has 0 amide bonds. The number of anilines is 1. The number of piperidine rings is 1. The summed E-state index contributed by atoms with van der Waals surface area (Å²) >= 11 is 6.31. The van der Waals surface area contributed by atoms with Gasteiger partial charge in [-0.1, -0.05) is 30.7 Å². The van der Waals surface area contributed by atoms with Crippen molar-refractivity contribution in [2.45, 2.75) is 32.2 Å². The highest BCUT2D eigenvalue weighted by Crippen LogP contribution is 2.28. The Morgan fingerprint density at radius 3 is 2.62 bits per heavy atom. The lowest BCUT2D eigenvalue weighted by atomic mass is 10.1. The molecule has 2 aromatic rings. The van der Waals surface area contributed by atoms with Gasteiger partial charge >= 0.3 is 0 Å². The van der Waals surface area contributed by atoms with Gasteiger partial charge in [0.05, 0.1) is 28.3 Å². The van der Waals surface area contributed by atoms with Gasteiger partial charge in [0.25, 0.3) is 0 Å². The Kier molecular flexibility index (Phi) is 4.17. The van der Waals surface area contributed by atoms with E-state index in [1.165, 1.54) is 11.4 Å². The van der Waals surface area contributed by atoms with Crippen LogP contribution in [0.15, 0.2) is 30.5 Å². The maximum Gasteiger partial charge on any atom is 0.0835 e. The summed E-state index contributed by atoms with van der Waals surface area (Å²) in [6, 6.07) is 8.17. The number of halogens is 1. The zero-order chi connectivity index (χ0) is 14.8. The minimum absolute atomic E-state index is 0.338. The fourth-order valence-electron chi connectivity index (χ4n) is 2.93. The molecule has 5 heteroatoms. The van der Waals surface area contributed by atoms with Crippen molar-refractivity contribution in [2.75, 3.05) is 18.0 Å². The number of rotatable bonds is 3. The van der Waals surface area contributed by atoms with E-state index in [-0.39, 0.29) is 0 Å². The Morgan fingerprint density at radius 1 is 1.24 bits per heavy atom. The number of para-hydroxylation sites is 1. The van der Waals surface area contributed by atoms with E-state index in [2.05, 4.69) is 16.9 Å². The Morgan fingerprint density at radius 2 is 1.95 bits per heavy atom. The van der Waals surface area contributed by atoms with Crippen molar-refractivity contribution in [3.8, 4) is 5.69 Å². The van der Waals surface area contributed by atoms with E-state index in [0.717, 1.165) is 43.1 Å². The van der Waals surface area contributed by atoms with Crippen LogP contribution in [-0.4, -0.2) is 28.9 Å². The lowest BCUT2D eigenvalue weighted by Gasteiger charge is -2.31. The second kappa shape index (κ2) is 6.08. The summed E-state index contributed by atoms with van der Waals surface area (Å²) in [5, 5.41) is 5.30. The number of nitrogens with zero attached hydrogens (tertiary/aromatic N) is 3. The zero-order valence-corrected chi connectivity index (χ0v) is 13.1. The maximum absolute atomic E-state index is 6.31. The Balaban J connectivity index is 1.96. The fourth-order valence-corrected chi connectivity index (χ4v) is 3.15. The average Bonchev–Trinajstić information content (AvgIpc) is 2.92. The Bertz CT molecular complexity index is 614. The quantitative estimate of drug-likeness (QED) is 0.948. The van der Waals surface area contributed by atoms with Crippen LogP contribution in [-0.2, 0) is 6.42 Å². The lowest BCUT2D eigenvalue weighted by Crippen LogP contribution is -2.39. The monoisotopic (exact) mass is 304 g/mol. The molecule has 2 heterocycles.